The van der Waals surface area contributed by atoms with E-state index in [-0.39, 0.29) is 11.0 Å². The maximum Gasteiger partial charge on any atom is 0.287 e. The standard InChI is InChI=1S/C33H31N2/c1-4-19-33-22(3)32(33,5-2)28-18-17-24-12-7-9-15-26(24)31(28)30-20-29(34-21-35(30)33)27-16-10-13-23-11-6-8-14-25(23)27/h6-18,20-22H,4-5,19H2,1-3H3/q+1. The van der Waals surface area contributed by atoms with E-state index in [0.717, 1.165) is 12.1 Å². The molecule has 0 N–H and O–H groups in total. The summed E-state index contributed by atoms with van der Waals surface area (Å²) in [6.07, 6.45) is 5.67. The van der Waals surface area contributed by atoms with Crippen LogP contribution in [0.5, 0.6) is 0 Å². The van der Waals surface area contributed by atoms with E-state index in [4.69, 9.17) is 4.98 Å². The van der Waals surface area contributed by atoms with Crippen LogP contribution >= 0.6 is 0 Å². The van der Waals surface area contributed by atoms with Crippen molar-refractivity contribution in [2.24, 2.45) is 5.92 Å². The first kappa shape index (κ1) is 20.8. The lowest BCUT2D eigenvalue weighted by Crippen LogP contribution is -2.55. The van der Waals surface area contributed by atoms with Gasteiger partial charge >= 0.3 is 0 Å². The Labute approximate surface area is 207 Å². The van der Waals surface area contributed by atoms with Crippen LogP contribution in [0.25, 0.3) is 44.1 Å². The van der Waals surface area contributed by atoms with E-state index in [1.54, 1.807) is 0 Å². The third-order valence-corrected chi connectivity index (χ3v) is 9.34. The molecule has 1 aromatic heterocycles. The van der Waals surface area contributed by atoms with Gasteiger partial charge in [0.2, 0.25) is 0 Å². The number of nitrogens with zero attached hydrogens (tertiary/aromatic N) is 2. The van der Waals surface area contributed by atoms with Crippen molar-refractivity contribution in [1.29, 1.82) is 0 Å². The Morgan fingerprint density at radius 1 is 0.829 bits per heavy atom. The fourth-order valence-corrected chi connectivity index (χ4v) is 7.87. The Bertz CT molecular complexity index is 1630. The highest BCUT2D eigenvalue weighted by molar-refractivity contribution is 6.00. The van der Waals surface area contributed by atoms with Gasteiger partial charge in [-0.05, 0) is 51.0 Å². The van der Waals surface area contributed by atoms with Crippen LogP contribution < -0.4 is 4.57 Å². The Morgan fingerprint density at radius 2 is 1.54 bits per heavy atom. The number of fused-ring (bicyclic) bond motifs is 9. The van der Waals surface area contributed by atoms with Crippen LogP contribution in [0.15, 0.2) is 91.3 Å². The van der Waals surface area contributed by atoms with Crippen LogP contribution in [0.3, 0.4) is 0 Å². The summed E-state index contributed by atoms with van der Waals surface area (Å²) in [6.45, 7) is 7.18. The molecule has 2 heterocycles. The highest BCUT2D eigenvalue weighted by atomic mass is 15.2. The predicted molar refractivity (Wildman–Crippen MR) is 144 cm³/mol. The van der Waals surface area contributed by atoms with E-state index in [2.05, 4.69) is 117 Å². The molecule has 0 spiro atoms. The van der Waals surface area contributed by atoms with E-state index in [0.29, 0.717) is 5.92 Å². The van der Waals surface area contributed by atoms with E-state index < -0.39 is 0 Å². The second-order valence-corrected chi connectivity index (χ2v) is 10.5. The van der Waals surface area contributed by atoms with E-state index >= 15 is 0 Å². The SMILES string of the molecule is CCCC12C(C)C1(CC)c1ccc3ccccc3c1-c1cc(-c3cccc4ccccc34)nc[n+]12. The molecule has 1 aliphatic carbocycles. The fraction of sp³-hybridized carbons (Fsp3) is 0.273. The molecule has 2 heteroatoms. The summed E-state index contributed by atoms with van der Waals surface area (Å²) in [5.74, 6) is 0.580. The molecule has 4 aromatic carbocycles. The van der Waals surface area contributed by atoms with Crippen molar-refractivity contribution >= 4 is 21.5 Å². The molecule has 0 bridgehead atoms. The quantitative estimate of drug-likeness (QED) is 0.252. The third-order valence-electron chi connectivity index (χ3n) is 9.34. The average molecular weight is 456 g/mol. The lowest BCUT2D eigenvalue weighted by atomic mass is 9.77. The number of hydrogen-bond donors (Lipinski definition) is 0. The summed E-state index contributed by atoms with van der Waals surface area (Å²) in [5, 5.41) is 5.17. The largest absolute Gasteiger partial charge is 0.287 e. The summed E-state index contributed by atoms with van der Waals surface area (Å²) in [6, 6.07) is 31.2. The lowest BCUT2D eigenvalue weighted by Gasteiger charge is -2.32. The Balaban J connectivity index is 1.58. The van der Waals surface area contributed by atoms with E-state index in [1.165, 1.54) is 56.8 Å². The van der Waals surface area contributed by atoms with Crippen LogP contribution in [-0.4, -0.2) is 4.98 Å². The van der Waals surface area contributed by atoms with E-state index in [9.17, 15) is 0 Å². The number of benzene rings is 4. The monoisotopic (exact) mass is 455 g/mol. The van der Waals surface area contributed by atoms with Crippen molar-refractivity contribution in [2.45, 2.75) is 51.0 Å². The maximum atomic E-state index is 5.13. The van der Waals surface area contributed by atoms with Gasteiger partial charge in [0.1, 0.15) is 11.2 Å². The van der Waals surface area contributed by atoms with Gasteiger partial charge < -0.3 is 0 Å². The van der Waals surface area contributed by atoms with Gasteiger partial charge in [-0.2, -0.15) is 0 Å². The van der Waals surface area contributed by atoms with Gasteiger partial charge in [-0.25, -0.2) is 4.57 Å². The van der Waals surface area contributed by atoms with Crippen molar-refractivity contribution in [3.63, 3.8) is 0 Å². The first-order valence-corrected chi connectivity index (χ1v) is 13.1. The molecule has 1 aliphatic heterocycles. The van der Waals surface area contributed by atoms with Gasteiger partial charge in [0.15, 0.2) is 5.69 Å². The van der Waals surface area contributed by atoms with Gasteiger partial charge in [0.05, 0.1) is 0 Å². The fourth-order valence-electron chi connectivity index (χ4n) is 7.87. The molecule has 35 heavy (non-hydrogen) atoms. The molecule has 0 saturated heterocycles. The molecular formula is C33H31N2+. The van der Waals surface area contributed by atoms with Crippen molar-refractivity contribution in [3.05, 3.63) is 96.8 Å². The summed E-state index contributed by atoms with van der Waals surface area (Å²) >= 11 is 0. The second kappa shape index (κ2) is 7.24. The Kier molecular flexibility index (Phi) is 4.31. The van der Waals surface area contributed by atoms with Gasteiger partial charge in [-0.15, -0.1) is 0 Å². The molecule has 172 valence electrons. The smallest absolute Gasteiger partial charge is 0.223 e. The molecule has 2 nitrogen and oxygen atoms in total. The van der Waals surface area contributed by atoms with Crippen LogP contribution in [0, 0.1) is 5.92 Å². The normalized spacial score (nSPS) is 24.1. The summed E-state index contributed by atoms with van der Waals surface area (Å²) in [7, 11) is 0. The maximum absolute atomic E-state index is 5.13. The van der Waals surface area contributed by atoms with Crippen molar-refractivity contribution in [2.75, 3.05) is 0 Å². The molecule has 2 aliphatic rings. The minimum Gasteiger partial charge on any atom is -0.223 e. The number of rotatable bonds is 4. The molecule has 3 atom stereocenters. The molecule has 7 rings (SSSR count). The zero-order valence-corrected chi connectivity index (χ0v) is 20.8. The van der Waals surface area contributed by atoms with Crippen LogP contribution in [0.4, 0.5) is 0 Å². The topological polar surface area (TPSA) is 16.8 Å². The van der Waals surface area contributed by atoms with Crippen molar-refractivity contribution < 1.29 is 4.57 Å². The highest BCUT2D eigenvalue weighted by Crippen LogP contribution is 2.72. The zero-order chi connectivity index (χ0) is 23.8. The van der Waals surface area contributed by atoms with Gasteiger partial charge in [-0.3, -0.25) is 0 Å². The van der Waals surface area contributed by atoms with Gasteiger partial charge in [-0.1, -0.05) is 100.0 Å². The van der Waals surface area contributed by atoms with Gasteiger partial charge in [0, 0.05) is 28.5 Å². The molecule has 1 fully saturated rings. The van der Waals surface area contributed by atoms with Crippen LogP contribution in [0.2, 0.25) is 0 Å². The second-order valence-electron chi connectivity index (χ2n) is 10.5. The van der Waals surface area contributed by atoms with Crippen LogP contribution in [-0.2, 0) is 11.0 Å². The summed E-state index contributed by atoms with van der Waals surface area (Å²) in [4.78, 5) is 5.13. The number of aromatic nitrogens is 2. The van der Waals surface area contributed by atoms with Gasteiger partial charge in [0.25, 0.3) is 6.33 Å². The summed E-state index contributed by atoms with van der Waals surface area (Å²) < 4.78 is 2.58. The minimum atomic E-state index is 0.103. The van der Waals surface area contributed by atoms with Crippen molar-refractivity contribution in [3.8, 4) is 22.5 Å². The third kappa shape index (κ3) is 2.45. The molecule has 3 unspecified atom stereocenters. The molecule has 0 radical (unpaired) electrons. The predicted octanol–water partition coefficient (Wildman–Crippen LogP) is 7.82. The first-order chi connectivity index (χ1) is 17.2. The molecule has 5 aromatic rings. The molecule has 1 saturated carbocycles. The minimum absolute atomic E-state index is 0.103. The average Bonchev–Trinajstić information content (AvgIpc) is 3.46. The van der Waals surface area contributed by atoms with Crippen molar-refractivity contribution in [1.82, 2.24) is 4.98 Å². The van der Waals surface area contributed by atoms with Crippen LogP contribution in [0.1, 0.15) is 45.6 Å². The van der Waals surface area contributed by atoms with E-state index in [1.807, 2.05) is 0 Å². The lowest BCUT2D eigenvalue weighted by molar-refractivity contribution is -0.741. The highest BCUT2D eigenvalue weighted by Gasteiger charge is 2.80. The number of hydrogen-bond acceptors (Lipinski definition) is 1. The molecular weight excluding hydrogens is 424 g/mol. The Hall–Kier alpha value is -3.52. The zero-order valence-electron chi connectivity index (χ0n) is 20.8. The Morgan fingerprint density at radius 3 is 2.31 bits per heavy atom. The molecule has 0 amide bonds. The summed E-state index contributed by atoms with van der Waals surface area (Å²) in [5.41, 5.74) is 6.79. The first-order valence-electron chi connectivity index (χ1n) is 13.1.